The Balaban J connectivity index is 1.97. The number of nitrogen functional groups attached to an aromatic ring is 1. The van der Waals surface area contributed by atoms with E-state index in [9.17, 15) is 0 Å². The van der Waals surface area contributed by atoms with E-state index in [0.717, 1.165) is 23.2 Å². The Labute approximate surface area is 102 Å². The second kappa shape index (κ2) is 4.44. The van der Waals surface area contributed by atoms with Gasteiger partial charge in [0, 0.05) is 6.42 Å². The molecule has 2 aromatic heterocycles. The van der Waals surface area contributed by atoms with Crippen LogP contribution < -0.4 is 16.0 Å². The van der Waals surface area contributed by atoms with Crippen molar-refractivity contribution in [2.24, 2.45) is 5.84 Å². The van der Waals surface area contributed by atoms with E-state index in [1.165, 1.54) is 11.3 Å². The lowest BCUT2D eigenvalue weighted by Crippen LogP contribution is -2.18. The minimum absolute atomic E-state index is 0.0682. The molecule has 0 spiro atoms. The summed E-state index contributed by atoms with van der Waals surface area (Å²) < 4.78 is 11.1. The maximum absolute atomic E-state index is 5.82. The van der Waals surface area contributed by atoms with Gasteiger partial charge in [0.2, 0.25) is 11.8 Å². The van der Waals surface area contributed by atoms with Crippen molar-refractivity contribution in [2.75, 3.05) is 18.6 Å². The standard InChI is InChI=1S/C10H12N4O2S/c11-14-10-12-8(16-6-1-3-15-5-6)7-2-4-17-9(7)13-10/h2,4,6H,1,3,5,11H2,(H,12,13,14). The highest BCUT2D eigenvalue weighted by molar-refractivity contribution is 7.16. The molecule has 3 rings (SSSR count). The number of hydrazine groups is 1. The number of nitrogens with zero attached hydrogens (tertiary/aromatic N) is 2. The summed E-state index contributed by atoms with van der Waals surface area (Å²) in [4.78, 5) is 9.35. The number of hydrogen-bond donors (Lipinski definition) is 2. The minimum Gasteiger partial charge on any atom is -0.471 e. The average Bonchev–Trinajstić information content (AvgIpc) is 2.98. The number of hydrogen-bond acceptors (Lipinski definition) is 7. The number of anilines is 1. The van der Waals surface area contributed by atoms with Gasteiger partial charge in [0.05, 0.1) is 18.6 Å². The van der Waals surface area contributed by atoms with E-state index in [1.807, 2.05) is 11.4 Å². The molecule has 2 aromatic rings. The summed E-state index contributed by atoms with van der Waals surface area (Å²) >= 11 is 1.53. The SMILES string of the molecule is NNc1nc(OC2CCOC2)c2ccsc2n1. The molecule has 1 unspecified atom stereocenters. The molecule has 7 heteroatoms. The lowest BCUT2D eigenvalue weighted by Gasteiger charge is -2.12. The average molecular weight is 252 g/mol. The molecule has 0 aliphatic carbocycles. The molecule has 3 heterocycles. The molecular weight excluding hydrogens is 240 g/mol. The van der Waals surface area contributed by atoms with E-state index < -0.39 is 0 Å². The summed E-state index contributed by atoms with van der Waals surface area (Å²) in [6.45, 7) is 1.35. The van der Waals surface area contributed by atoms with Gasteiger partial charge in [0.15, 0.2) is 0 Å². The van der Waals surface area contributed by atoms with Gasteiger partial charge < -0.3 is 9.47 Å². The van der Waals surface area contributed by atoms with E-state index in [4.69, 9.17) is 15.3 Å². The summed E-state index contributed by atoms with van der Waals surface area (Å²) in [7, 11) is 0. The first-order valence-corrected chi connectivity index (χ1v) is 6.21. The molecule has 1 fully saturated rings. The van der Waals surface area contributed by atoms with E-state index in [-0.39, 0.29) is 6.10 Å². The van der Waals surface area contributed by atoms with Gasteiger partial charge in [-0.25, -0.2) is 10.8 Å². The molecular formula is C10H12N4O2S. The number of nitrogens with one attached hydrogen (secondary N) is 1. The van der Waals surface area contributed by atoms with Crippen LogP contribution in [0.2, 0.25) is 0 Å². The van der Waals surface area contributed by atoms with Crippen molar-refractivity contribution < 1.29 is 9.47 Å². The summed E-state index contributed by atoms with van der Waals surface area (Å²) in [5.74, 6) is 6.27. The van der Waals surface area contributed by atoms with Gasteiger partial charge >= 0.3 is 0 Å². The molecule has 6 nitrogen and oxygen atoms in total. The Morgan fingerprint density at radius 3 is 3.24 bits per heavy atom. The highest BCUT2D eigenvalue weighted by Crippen LogP contribution is 2.29. The zero-order valence-electron chi connectivity index (χ0n) is 9.05. The van der Waals surface area contributed by atoms with Gasteiger partial charge in [0.1, 0.15) is 10.9 Å². The van der Waals surface area contributed by atoms with Crippen LogP contribution in [0.5, 0.6) is 5.88 Å². The maximum Gasteiger partial charge on any atom is 0.241 e. The number of aromatic nitrogens is 2. The normalized spacial score (nSPS) is 19.7. The number of thiophene rings is 1. The van der Waals surface area contributed by atoms with E-state index >= 15 is 0 Å². The minimum atomic E-state index is 0.0682. The highest BCUT2D eigenvalue weighted by atomic mass is 32.1. The van der Waals surface area contributed by atoms with Crippen LogP contribution in [-0.2, 0) is 4.74 Å². The molecule has 3 N–H and O–H groups in total. The Hall–Kier alpha value is -1.44. The summed E-state index contributed by atoms with van der Waals surface area (Å²) in [5.41, 5.74) is 2.45. The molecule has 0 radical (unpaired) electrons. The van der Waals surface area contributed by atoms with E-state index in [0.29, 0.717) is 18.4 Å². The molecule has 0 bridgehead atoms. The zero-order chi connectivity index (χ0) is 11.7. The molecule has 17 heavy (non-hydrogen) atoms. The van der Waals surface area contributed by atoms with Crippen LogP contribution in [-0.4, -0.2) is 29.3 Å². The first-order chi connectivity index (χ1) is 8.36. The fraction of sp³-hybridized carbons (Fsp3) is 0.400. The Bertz CT molecular complexity index is 524. The van der Waals surface area contributed by atoms with Gasteiger partial charge in [-0.1, -0.05) is 0 Å². The van der Waals surface area contributed by atoms with E-state index in [1.54, 1.807) is 0 Å². The van der Waals surface area contributed by atoms with Crippen LogP contribution in [0.1, 0.15) is 6.42 Å². The van der Waals surface area contributed by atoms with Gasteiger partial charge in [-0.05, 0) is 11.4 Å². The van der Waals surface area contributed by atoms with Crippen LogP contribution in [0, 0.1) is 0 Å². The third-order valence-electron chi connectivity index (χ3n) is 2.59. The number of rotatable bonds is 3. The molecule has 1 aliphatic rings. The smallest absolute Gasteiger partial charge is 0.241 e. The van der Waals surface area contributed by atoms with Crippen molar-refractivity contribution in [2.45, 2.75) is 12.5 Å². The van der Waals surface area contributed by atoms with Crippen molar-refractivity contribution in [1.29, 1.82) is 0 Å². The Morgan fingerprint density at radius 1 is 1.53 bits per heavy atom. The number of nitrogens with two attached hydrogens (primary N) is 1. The lowest BCUT2D eigenvalue weighted by atomic mass is 10.3. The summed E-state index contributed by atoms with van der Waals surface area (Å²) in [6, 6.07) is 1.95. The van der Waals surface area contributed by atoms with Crippen LogP contribution in [0.25, 0.3) is 10.2 Å². The van der Waals surface area contributed by atoms with Crippen LogP contribution >= 0.6 is 11.3 Å². The van der Waals surface area contributed by atoms with Crippen molar-refractivity contribution in [1.82, 2.24) is 9.97 Å². The first kappa shape index (κ1) is 10.7. The van der Waals surface area contributed by atoms with Crippen LogP contribution in [0.4, 0.5) is 5.95 Å². The third-order valence-corrected chi connectivity index (χ3v) is 3.39. The highest BCUT2D eigenvalue weighted by Gasteiger charge is 2.20. The second-order valence-electron chi connectivity index (χ2n) is 3.74. The van der Waals surface area contributed by atoms with Crippen LogP contribution in [0.15, 0.2) is 11.4 Å². The first-order valence-electron chi connectivity index (χ1n) is 5.33. The largest absolute Gasteiger partial charge is 0.471 e. The van der Waals surface area contributed by atoms with Gasteiger partial charge in [-0.3, -0.25) is 5.43 Å². The summed E-state index contributed by atoms with van der Waals surface area (Å²) in [5, 5.41) is 2.87. The lowest BCUT2D eigenvalue weighted by molar-refractivity contribution is 0.139. The molecule has 1 atom stereocenters. The second-order valence-corrected chi connectivity index (χ2v) is 4.63. The van der Waals surface area contributed by atoms with Gasteiger partial charge in [-0.2, -0.15) is 4.98 Å². The third kappa shape index (κ3) is 2.04. The maximum atomic E-state index is 5.82. The van der Waals surface area contributed by atoms with Crippen molar-refractivity contribution in [3.63, 3.8) is 0 Å². The predicted molar refractivity (Wildman–Crippen MR) is 65.1 cm³/mol. The topological polar surface area (TPSA) is 82.3 Å². The quantitative estimate of drug-likeness (QED) is 0.629. The van der Waals surface area contributed by atoms with Crippen molar-refractivity contribution in [3.8, 4) is 5.88 Å². The molecule has 1 saturated heterocycles. The molecule has 90 valence electrons. The Morgan fingerprint density at radius 2 is 2.47 bits per heavy atom. The molecule has 0 aromatic carbocycles. The molecule has 0 amide bonds. The monoisotopic (exact) mass is 252 g/mol. The molecule has 0 saturated carbocycles. The van der Waals surface area contributed by atoms with Crippen LogP contribution in [0.3, 0.4) is 0 Å². The number of fused-ring (bicyclic) bond motifs is 1. The van der Waals surface area contributed by atoms with Gasteiger partial charge in [-0.15, -0.1) is 11.3 Å². The molecule has 1 aliphatic heterocycles. The van der Waals surface area contributed by atoms with Crippen molar-refractivity contribution >= 4 is 27.5 Å². The fourth-order valence-corrected chi connectivity index (χ4v) is 2.50. The van der Waals surface area contributed by atoms with Gasteiger partial charge in [0.25, 0.3) is 0 Å². The zero-order valence-corrected chi connectivity index (χ0v) is 9.87. The number of ether oxygens (including phenoxy) is 2. The Kier molecular flexibility index (Phi) is 2.79. The predicted octanol–water partition coefficient (Wildman–Crippen LogP) is 1.14. The van der Waals surface area contributed by atoms with Crippen molar-refractivity contribution in [3.05, 3.63) is 11.4 Å². The fourth-order valence-electron chi connectivity index (χ4n) is 1.75. The summed E-state index contributed by atoms with van der Waals surface area (Å²) in [6.07, 6.45) is 0.958. The van der Waals surface area contributed by atoms with E-state index in [2.05, 4.69) is 15.4 Å².